The van der Waals surface area contributed by atoms with Crippen molar-refractivity contribution in [3.63, 3.8) is 0 Å². The number of carbonyl (C=O) groups excluding carboxylic acids is 1. The van der Waals surface area contributed by atoms with E-state index in [-0.39, 0.29) is 11.3 Å². The Morgan fingerprint density at radius 3 is 2.72 bits per heavy atom. The Labute approximate surface area is 187 Å². The standard InChI is InChI=1S/C24H31N5O3/c1-4-9-18-21-22(28(3)27-18)24(31)26-23(25-21)17-14-16(10-11-20(17)32-5-2)19(30)15-29-12-7-6-8-13-29/h10-11,14H,4-9,12-13,15H2,1-3H3,(H,25,26,31)/p+1. The molecule has 1 aliphatic rings. The van der Waals surface area contributed by atoms with Crippen molar-refractivity contribution in [2.45, 2.75) is 46.0 Å². The Bertz CT molecular complexity index is 1170. The number of nitrogens with one attached hydrogen (secondary N) is 2. The van der Waals surface area contributed by atoms with Crippen LogP contribution in [-0.2, 0) is 13.5 Å². The molecule has 0 amide bonds. The van der Waals surface area contributed by atoms with Gasteiger partial charge in [0.25, 0.3) is 5.56 Å². The van der Waals surface area contributed by atoms with Crippen LogP contribution in [0.3, 0.4) is 0 Å². The van der Waals surface area contributed by atoms with Crippen molar-refractivity contribution < 1.29 is 14.4 Å². The van der Waals surface area contributed by atoms with E-state index in [1.165, 1.54) is 24.2 Å². The molecule has 1 saturated heterocycles. The van der Waals surface area contributed by atoms with Gasteiger partial charge in [0.05, 0.1) is 31.0 Å². The highest BCUT2D eigenvalue weighted by Gasteiger charge is 2.22. The Morgan fingerprint density at radius 2 is 2.00 bits per heavy atom. The molecule has 170 valence electrons. The Morgan fingerprint density at radius 1 is 1.22 bits per heavy atom. The number of benzene rings is 1. The molecule has 1 aromatic carbocycles. The van der Waals surface area contributed by atoms with E-state index in [0.717, 1.165) is 31.6 Å². The lowest BCUT2D eigenvalue weighted by Gasteiger charge is -2.22. The van der Waals surface area contributed by atoms with Gasteiger partial charge in [-0.05, 0) is 50.8 Å². The third kappa shape index (κ3) is 4.46. The monoisotopic (exact) mass is 438 g/mol. The van der Waals surface area contributed by atoms with E-state index >= 15 is 0 Å². The van der Waals surface area contributed by atoms with Crippen molar-refractivity contribution in [2.24, 2.45) is 7.05 Å². The second-order valence-corrected chi connectivity index (χ2v) is 8.49. The molecule has 2 N–H and O–H groups in total. The van der Waals surface area contributed by atoms with Crippen LogP contribution in [0.25, 0.3) is 22.4 Å². The number of nitrogens with zero attached hydrogens (tertiary/aromatic N) is 3. The number of ether oxygens (including phenoxy) is 1. The lowest BCUT2D eigenvalue weighted by molar-refractivity contribution is -0.896. The molecule has 1 fully saturated rings. The molecule has 1 aliphatic heterocycles. The minimum Gasteiger partial charge on any atom is -0.493 e. The Hall–Kier alpha value is -3.00. The number of fused-ring (bicyclic) bond motifs is 1. The van der Waals surface area contributed by atoms with Gasteiger partial charge < -0.3 is 14.6 Å². The summed E-state index contributed by atoms with van der Waals surface area (Å²) in [7, 11) is 1.76. The number of H-pyrrole nitrogens is 1. The summed E-state index contributed by atoms with van der Waals surface area (Å²) in [5.41, 5.74) is 2.84. The number of quaternary nitrogens is 1. The van der Waals surface area contributed by atoms with Gasteiger partial charge in [0.2, 0.25) is 5.78 Å². The number of aromatic nitrogens is 4. The molecule has 0 atom stereocenters. The van der Waals surface area contributed by atoms with Crippen LogP contribution in [0.2, 0.25) is 0 Å². The molecule has 0 radical (unpaired) electrons. The molecular weight excluding hydrogens is 406 g/mol. The molecule has 0 aliphatic carbocycles. The first-order valence-corrected chi connectivity index (χ1v) is 11.6. The van der Waals surface area contributed by atoms with E-state index in [1.807, 2.05) is 13.0 Å². The zero-order valence-electron chi connectivity index (χ0n) is 19.2. The van der Waals surface area contributed by atoms with Crippen molar-refractivity contribution in [2.75, 3.05) is 26.2 Å². The first-order chi connectivity index (χ1) is 15.5. The van der Waals surface area contributed by atoms with Crippen LogP contribution in [0.15, 0.2) is 23.0 Å². The number of ketones is 1. The largest absolute Gasteiger partial charge is 0.493 e. The highest BCUT2D eigenvalue weighted by molar-refractivity contribution is 5.98. The average Bonchev–Trinajstić information content (AvgIpc) is 3.10. The average molecular weight is 439 g/mol. The quantitative estimate of drug-likeness (QED) is 0.524. The lowest BCUT2D eigenvalue weighted by atomic mass is 10.0. The highest BCUT2D eigenvalue weighted by Crippen LogP contribution is 2.30. The van der Waals surface area contributed by atoms with Gasteiger partial charge in [-0.15, -0.1) is 0 Å². The van der Waals surface area contributed by atoms with Crippen LogP contribution < -0.4 is 15.2 Å². The fourth-order valence-electron chi connectivity index (χ4n) is 4.51. The van der Waals surface area contributed by atoms with Gasteiger partial charge in [-0.25, -0.2) is 4.98 Å². The lowest BCUT2D eigenvalue weighted by Crippen LogP contribution is -3.13. The third-order valence-corrected chi connectivity index (χ3v) is 6.08. The number of hydrogen-bond acceptors (Lipinski definition) is 5. The first-order valence-electron chi connectivity index (χ1n) is 11.6. The highest BCUT2D eigenvalue weighted by atomic mass is 16.5. The van der Waals surface area contributed by atoms with Crippen LogP contribution in [0.5, 0.6) is 5.75 Å². The third-order valence-electron chi connectivity index (χ3n) is 6.08. The number of rotatable bonds is 8. The molecule has 8 nitrogen and oxygen atoms in total. The van der Waals surface area contributed by atoms with Gasteiger partial charge in [-0.2, -0.15) is 5.10 Å². The molecule has 32 heavy (non-hydrogen) atoms. The molecule has 0 unspecified atom stereocenters. The van der Waals surface area contributed by atoms with Crippen molar-refractivity contribution >= 4 is 16.8 Å². The van der Waals surface area contributed by atoms with Gasteiger partial charge >= 0.3 is 0 Å². The van der Waals surface area contributed by atoms with Crippen molar-refractivity contribution in [1.82, 2.24) is 19.7 Å². The van der Waals surface area contributed by atoms with Gasteiger partial charge in [0.1, 0.15) is 23.6 Å². The first kappa shape index (κ1) is 22.2. The molecular formula is C24H32N5O3+. The number of aryl methyl sites for hydroxylation is 2. The number of carbonyl (C=O) groups is 1. The molecule has 0 spiro atoms. The van der Waals surface area contributed by atoms with Crippen molar-refractivity contribution in [3.8, 4) is 17.1 Å². The predicted octanol–water partition coefficient (Wildman–Crippen LogP) is 1.93. The van der Waals surface area contributed by atoms with Gasteiger partial charge in [-0.3, -0.25) is 14.3 Å². The molecule has 3 heterocycles. The van der Waals surface area contributed by atoms with E-state index in [2.05, 4.69) is 17.0 Å². The molecule has 4 rings (SSSR count). The predicted molar refractivity (Wildman–Crippen MR) is 123 cm³/mol. The fraction of sp³-hybridized carbons (Fsp3) is 0.500. The van der Waals surface area contributed by atoms with Crippen molar-refractivity contribution in [3.05, 3.63) is 39.8 Å². The van der Waals surface area contributed by atoms with Gasteiger partial charge in [-0.1, -0.05) is 13.3 Å². The minimum atomic E-state index is -0.251. The number of Topliss-reactive ketones (excluding diaryl/α,β-unsaturated/α-hetero) is 1. The minimum absolute atomic E-state index is 0.0997. The summed E-state index contributed by atoms with van der Waals surface area (Å²) >= 11 is 0. The molecule has 3 aromatic rings. The zero-order valence-corrected chi connectivity index (χ0v) is 19.2. The van der Waals surface area contributed by atoms with E-state index in [4.69, 9.17) is 9.72 Å². The van der Waals surface area contributed by atoms with Crippen LogP contribution in [0.4, 0.5) is 0 Å². The van der Waals surface area contributed by atoms with Gasteiger partial charge in [0, 0.05) is 12.6 Å². The number of hydrogen-bond donors (Lipinski definition) is 2. The summed E-state index contributed by atoms with van der Waals surface area (Å²) in [5, 5.41) is 4.49. The maximum atomic E-state index is 13.0. The van der Waals surface area contributed by atoms with Crippen molar-refractivity contribution in [1.29, 1.82) is 0 Å². The Balaban J connectivity index is 1.76. The second-order valence-electron chi connectivity index (χ2n) is 8.49. The van der Waals surface area contributed by atoms with Crippen LogP contribution >= 0.6 is 0 Å². The summed E-state index contributed by atoms with van der Waals surface area (Å²) in [4.78, 5) is 34.9. The number of aromatic amines is 1. The molecule has 0 bridgehead atoms. The molecule has 0 saturated carbocycles. The fourth-order valence-corrected chi connectivity index (χ4v) is 4.51. The van der Waals surface area contributed by atoms with E-state index in [9.17, 15) is 9.59 Å². The van der Waals surface area contributed by atoms with Crippen LogP contribution in [0, 0.1) is 0 Å². The van der Waals surface area contributed by atoms with Crippen LogP contribution in [-0.4, -0.2) is 51.8 Å². The maximum absolute atomic E-state index is 13.0. The molecule has 8 heteroatoms. The summed E-state index contributed by atoms with van der Waals surface area (Å²) < 4.78 is 7.40. The number of likely N-dealkylation sites (tertiary alicyclic amines) is 1. The number of piperidine rings is 1. The summed E-state index contributed by atoms with van der Waals surface area (Å²) in [6.07, 6.45) is 5.24. The smallest absolute Gasteiger partial charge is 0.277 e. The summed E-state index contributed by atoms with van der Waals surface area (Å²) in [6, 6.07) is 5.41. The Kier molecular flexibility index (Phi) is 6.69. The SMILES string of the molecule is CCCc1nn(C)c2c(=O)[nH]c(-c3cc(C(=O)C[NH+]4CCCCC4)ccc3OCC)nc12. The summed E-state index contributed by atoms with van der Waals surface area (Å²) in [5.74, 6) is 1.09. The topological polar surface area (TPSA) is 94.3 Å². The summed E-state index contributed by atoms with van der Waals surface area (Å²) in [6.45, 7) is 7.02. The molecule has 2 aromatic heterocycles. The van der Waals surface area contributed by atoms with E-state index in [0.29, 0.717) is 46.9 Å². The van der Waals surface area contributed by atoms with E-state index in [1.54, 1.807) is 23.9 Å². The van der Waals surface area contributed by atoms with Crippen LogP contribution in [0.1, 0.15) is 55.6 Å². The maximum Gasteiger partial charge on any atom is 0.277 e. The normalized spacial score (nSPS) is 14.7. The van der Waals surface area contributed by atoms with Gasteiger partial charge in [0.15, 0.2) is 5.52 Å². The second kappa shape index (κ2) is 9.65. The van der Waals surface area contributed by atoms with E-state index < -0.39 is 0 Å². The zero-order chi connectivity index (χ0) is 22.7.